The number of halogens is 1. The Balaban J connectivity index is 1.90. The molecule has 2 N–H and O–H groups in total. The highest BCUT2D eigenvalue weighted by molar-refractivity contribution is 7.89. The highest BCUT2D eigenvalue weighted by atomic mass is 32.2. The van der Waals surface area contributed by atoms with Gasteiger partial charge >= 0.3 is 0 Å². The molecule has 0 atom stereocenters. The summed E-state index contributed by atoms with van der Waals surface area (Å²) >= 11 is 0. The Hall–Kier alpha value is -2.29. The van der Waals surface area contributed by atoms with Gasteiger partial charge in [-0.15, -0.1) is 0 Å². The zero-order valence-electron chi connectivity index (χ0n) is 13.2. The van der Waals surface area contributed by atoms with Crippen molar-refractivity contribution in [3.8, 4) is 0 Å². The molecule has 0 radical (unpaired) electrons. The summed E-state index contributed by atoms with van der Waals surface area (Å²) in [6, 6.07) is 9.80. The van der Waals surface area contributed by atoms with E-state index in [0.29, 0.717) is 5.69 Å². The first-order valence-corrected chi connectivity index (χ1v) is 8.52. The SMILES string of the molecule is Cc1ccc(C)c(NC(=O)CONS(=O)(=O)c2ccc(F)cc2)c1. The van der Waals surface area contributed by atoms with Crippen molar-refractivity contribution >= 4 is 21.6 Å². The van der Waals surface area contributed by atoms with Crippen LogP contribution in [0.5, 0.6) is 0 Å². The Morgan fingerprint density at radius 2 is 1.79 bits per heavy atom. The van der Waals surface area contributed by atoms with E-state index in [4.69, 9.17) is 4.84 Å². The van der Waals surface area contributed by atoms with Gasteiger partial charge in [-0.3, -0.25) is 9.63 Å². The molecule has 8 heteroatoms. The van der Waals surface area contributed by atoms with Gasteiger partial charge in [0, 0.05) is 5.69 Å². The fraction of sp³-hybridized carbons (Fsp3) is 0.188. The van der Waals surface area contributed by atoms with Crippen molar-refractivity contribution in [1.82, 2.24) is 4.89 Å². The molecule has 0 aromatic heterocycles. The Bertz CT molecular complexity index is 836. The van der Waals surface area contributed by atoms with E-state index in [-0.39, 0.29) is 4.90 Å². The van der Waals surface area contributed by atoms with Gasteiger partial charge in [0.2, 0.25) is 0 Å². The number of hydrogen-bond donors (Lipinski definition) is 2. The average molecular weight is 352 g/mol. The van der Waals surface area contributed by atoms with Crippen LogP contribution in [-0.4, -0.2) is 20.9 Å². The van der Waals surface area contributed by atoms with Gasteiger partial charge in [-0.1, -0.05) is 17.0 Å². The first-order chi connectivity index (χ1) is 11.3. The summed E-state index contributed by atoms with van der Waals surface area (Å²) in [4.78, 5) is 18.2. The zero-order valence-corrected chi connectivity index (χ0v) is 14.0. The maximum Gasteiger partial charge on any atom is 0.262 e. The van der Waals surface area contributed by atoms with E-state index >= 15 is 0 Å². The highest BCUT2D eigenvalue weighted by Crippen LogP contribution is 2.16. The Kier molecular flexibility index (Phi) is 5.66. The Morgan fingerprint density at radius 3 is 2.46 bits per heavy atom. The van der Waals surface area contributed by atoms with Crippen molar-refractivity contribution in [2.75, 3.05) is 11.9 Å². The van der Waals surface area contributed by atoms with Crippen molar-refractivity contribution in [2.45, 2.75) is 18.7 Å². The molecular formula is C16H17FN2O4S. The first-order valence-electron chi connectivity index (χ1n) is 7.04. The molecule has 0 heterocycles. The van der Waals surface area contributed by atoms with E-state index in [9.17, 15) is 17.6 Å². The van der Waals surface area contributed by atoms with E-state index < -0.39 is 28.4 Å². The number of nitrogens with one attached hydrogen (secondary N) is 2. The summed E-state index contributed by atoms with van der Waals surface area (Å²) in [6.45, 7) is 3.23. The molecule has 0 saturated heterocycles. The van der Waals surface area contributed by atoms with Gasteiger partial charge in [0.15, 0.2) is 0 Å². The summed E-state index contributed by atoms with van der Waals surface area (Å²) in [5.74, 6) is -1.06. The third-order valence-electron chi connectivity index (χ3n) is 3.16. The van der Waals surface area contributed by atoms with Gasteiger partial charge < -0.3 is 5.32 Å². The third-order valence-corrected chi connectivity index (χ3v) is 4.39. The van der Waals surface area contributed by atoms with Gasteiger partial charge in [-0.05, 0) is 55.3 Å². The summed E-state index contributed by atoms with van der Waals surface area (Å²) < 4.78 is 36.6. The summed E-state index contributed by atoms with van der Waals surface area (Å²) in [5, 5.41) is 2.64. The van der Waals surface area contributed by atoms with Crippen LogP contribution in [0.25, 0.3) is 0 Å². The molecule has 24 heavy (non-hydrogen) atoms. The lowest BCUT2D eigenvalue weighted by molar-refractivity contribution is -0.121. The van der Waals surface area contributed by atoms with Crippen LogP contribution in [0.3, 0.4) is 0 Å². The molecule has 0 aliphatic carbocycles. The van der Waals surface area contributed by atoms with Crippen molar-refractivity contribution in [2.24, 2.45) is 0 Å². The van der Waals surface area contributed by atoms with Crippen LogP contribution in [0.2, 0.25) is 0 Å². The second kappa shape index (κ2) is 7.52. The van der Waals surface area contributed by atoms with Gasteiger partial charge in [0.05, 0.1) is 4.90 Å². The van der Waals surface area contributed by atoms with E-state index in [1.807, 2.05) is 30.9 Å². The normalized spacial score (nSPS) is 11.3. The first kappa shape index (κ1) is 18.1. The molecular weight excluding hydrogens is 335 g/mol. The molecule has 2 aromatic carbocycles. The maximum absolute atomic E-state index is 12.8. The van der Waals surface area contributed by atoms with Gasteiger partial charge in [-0.25, -0.2) is 12.8 Å². The summed E-state index contributed by atoms with van der Waals surface area (Å²) in [6.07, 6.45) is 0. The van der Waals surface area contributed by atoms with Crippen LogP contribution in [0, 0.1) is 19.7 Å². The lowest BCUT2D eigenvalue weighted by atomic mass is 10.1. The Labute approximate surface area is 139 Å². The topological polar surface area (TPSA) is 84.5 Å². The van der Waals surface area contributed by atoms with Crippen LogP contribution in [0.15, 0.2) is 47.4 Å². The third kappa shape index (κ3) is 4.85. The zero-order chi connectivity index (χ0) is 17.7. The number of anilines is 1. The minimum atomic E-state index is -3.98. The van der Waals surface area contributed by atoms with Crippen molar-refractivity contribution < 1.29 is 22.4 Å². The Morgan fingerprint density at radius 1 is 1.12 bits per heavy atom. The van der Waals surface area contributed by atoms with Crippen LogP contribution in [-0.2, 0) is 19.7 Å². The second-order valence-electron chi connectivity index (χ2n) is 5.20. The van der Waals surface area contributed by atoms with Crippen molar-refractivity contribution in [3.05, 3.63) is 59.4 Å². The van der Waals surface area contributed by atoms with E-state index in [1.165, 1.54) is 0 Å². The van der Waals surface area contributed by atoms with Crippen molar-refractivity contribution in [3.63, 3.8) is 0 Å². The minimum absolute atomic E-state index is 0.168. The lowest BCUT2D eigenvalue weighted by Crippen LogP contribution is -2.29. The van der Waals surface area contributed by atoms with Crippen LogP contribution >= 0.6 is 0 Å². The molecule has 0 unspecified atom stereocenters. The minimum Gasteiger partial charge on any atom is -0.324 e. The highest BCUT2D eigenvalue weighted by Gasteiger charge is 2.15. The van der Waals surface area contributed by atoms with E-state index in [2.05, 4.69) is 5.32 Å². The van der Waals surface area contributed by atoms with E-state index in [1.54, 1.807) is 6.07 Å². The van der Waals surface area contributed by atoms with Crippen LogP contribution in [0.1, 0.15) is 11.1 Å². The number of aryl methyl sites for hydroxylation is 2. The molecule has 0 bridgehead atoms. The molecule has 0 aliphatic rings. The fourth-order valence-corrected chi connectivity index (χ4v) is 2.70. The van der Waals surface area contributed by atoms with Crippen molar-refractivity contribution in [1.29, 1.82) is 0 Å². The quantitative estimate of drug-likeness (QED) is 0.781. The monoisotopic (exact) mass is 352 g/mol. The number of carbonyl (C=O) groups excluding carboxylic acids is 1. The number of amides is 1. The predicted molar refractivity (Wildman–Crippen MR) is 87.2 cm³/mol. The second-order valence-corrected chi connectivity index (χ2v) is 6.84. The standard InChI is InChI=1S/C16H17FN2O4S/c1-11-3-4-12(2)15(9-11)18-16(20)10-23-19-24(21,22)14-7-5-13(17)6-8-14/h3-9,19H,10H2,1-2H3,(H,18,20). The largest absolute Gasteiger partial charge is 0.324 e. The molecule has 0 fully saturated rings. The molecule has 128 valence electrons. The average Bonchev–Trinajstić information content (AvgIpc) is 2.51. The molecule has 6 nitrogen and oxygen atoms in total. The van der Waals surface area contributed by atoms with E-state index in [0.717, 1.165) is 35.4 Å². The number of rotatable bonds is 6. The molecule has 1 amide bonds. The smallest absolute Gasteiger partial charge is 0.262 e. The van der Waals surface area contributed by atoms with Gasteiger partial charge in [-0.2, -0.15) is 0 Å². The number of carbonyl (C=O) groups is 1. The molecule has 0 aliphatic heterocycles. The predicted octanol–water partition coefficient (Wildman–Crippen LogP) is 2.29. The van der Waals surface area contributed by atoms with Gasteiger partial charge in [0.1, 0.15) is 12.4 Å². The fourth-order valence-electron chi connectivity index (χ4n) is 1.89. The number of benzene rings is 2. The molecule has 0 saturated carbocycles. The van der Waals surface area contributed by atoms with Crippen LogP contribution < -0.4 is 10.2 Å². The number of sulfonamides is 1. The summed E-state index contributed by atoms with van der Waals surface area (Å²) in [7, 11) is -3.98. The molecule has 0 spiro atoms. The van der Waals surface area contributed by atoms with Gasteiger partial charge in [0.25, 0.3) is 15.9 Å². The molecule has 2 rings (SSSR count). The summed E-state index contributed by atoms with van der Waals surface area (Å²) in [5.41, 5.74) is 2.49. The number of hydrogen-bond acceptors (Lipinski definition) is 4. The molecule has 2 aromatic rings. The lowest BCUT2D eigenvalue weighted by Gasteiger charge is -2.10. The maximum atomic E-state index is 12.8. The van der Waals surface area contributed by atoms with Crippen LogP contribution in [0.4, 0.5) is 10.1 Å².